The van der Waals surface area contributed by atoms with Crippen molar-refractivity contribution in [1.29, 1.82) is 0 Å². The van der Waals surface area contributed by atoms with Crippen LogP contribution in [-0.2, 0) is 13.0 Å². The van der Waals surface area contributed by atoms with E-state index in [0.29, 0.717) is 5.66 Å². The van der Waals surface area contributed by atoms with Gasteiger partial charge in [-0.05, 0) is 16.1 Å². The molecule has 0 saturated heterocycles. The molecule has 0 fully saturated rings. The second-order valence-electron chi connectivity index (χ2n) is 2.81. The van der Waals surface area contributed by atoms with E-state index < -0.39 is 0 Å². The van der Waals surface area contributed by atoms with Crippen LogP contribution in [0.1, 0.15) is 5.82 Å². The van der Waals surface area contributed by atoms with Crippen LogP contribution in [0.2, 0.25) is 0 Å². The third kappa shape index (κ3) is 1.14. The molecule has 0 radical (unpaired) electrons. The van der Waals surface area contributed by atoms with Crippen LogP contribution in [0.15, 0.2) is 0 Å². The fourth-order valence-corrected chi connectivity index (χ4v) is 1.54. The van der Waals surface area contributed by atoms with Gasteiger partial charge in [0.1, 0.15) is 0 Å². The lowest BCUT2D eigenvalue weighted by molar-refractivity contribution is 0.426. The molecule has 0 amide bonds. The van der Waals surface area contributed by atoms with Crippen LogP contribution in [0.4, 0.5) is 0 Å². The minimum absolute atomic E-state index is 0.163. The molecule has 1 aliphatic rings. The lowest BCUT2D eigenvalue weighted by Gasteiger charge is -2.24. The molecule has 1 aromatic rings. The zero-order chi connectivity index (χ0) is 7.84. The fourth-order valence-electron chi connectivity index (χ4n) is 1.21. The van der Waals surface area contributed by atoms with Crippen LogP contribution in [0.25, 0.3) is 0 Å². The summed E-state index contributed by atoms with van der Waals surface area (Å²) in [5.41, 5.74) is 6.23. The van der Waals surface area contributed by atoms with Gasteiger partial charge < -0.3 is 5.73 Å². The molecule has 2 heterocycles. The summed E-state index contributed by atoms with van der Waals surface area (Å²) < 4.78 is 1.77. The van der Waals surface area contributed by atoms with Crippen molar-refractivity contribution in [3.8, 4) is 0 Å². The van der Waals surface area contributed by atoms with Gasteiger partial charge in [0.25, 0.3) is 0 Å². The highest BCUT2D eigenvalue weighted by molar-refractivity contribution is 7.17. The Hall–Kier alpha value is -0.540. The summed E-state index contributed by atoms with van der Waals surface area (Å²) in [7, 11) is 2.73. The Kier molecular flexibility index (Phi) is 1.62. The number of nitrogens with two attached hydrogens (primary N) is 1. The average molecular weight is 171 g/mol. The summed E-state index contributed by atoms with van der Waals surface area (Å²) in [5.74, 6) is 0.937. The summed E-state index contributed by atoms with van der Waals surface area (Å²) in [6, 6.07) is 0.163. The van der Waals surface area contributed by atoms with Gasteiger partial charge in [0.15, 0.2) is 5.82 Å². The van der Waals surface area contributed by atoms with E-state index >= 15 is 0 Å². The molecule has 0 aliphatic carbocycles. The normalized spacial score (nSPS) is 30.0. The first-order valence-corrected chi connectivity index (χ1v) is 4.20. The van der Waals surface area contributed by atoms with Gasteiger partial charge in [-0.25, -0.2) is 4.68 Å². The highest BCUT2D eigenvalue weighted by Crippen LogP contribution is 2.16. The van der Waals surface area contributed by atoms with Crippen LogP contribution in [0, 0.1) is 0 Å². The van der Waals surface area contributed by atoms with Gasteiger partial charge in [-0.2, -0.15) is 0 Å². The lowest BCUT2D eigenvalue weighted by atomic mass is 10.1. The third-order valence-corrected chi connectivity index (χ3v) is 2.69. The maximum absolute atomic E-state index is 5.82. The first kappa shape index (κ1) is 7.13. The topological polar surface area (TPSA) is 69.6 Å². The average Bonchev–Trinajstić information content (AvgIpc) is 2.36. The van der Waals surface area contributed by atoms with Gasteiger partial charge >= 0.3 is 0 Å². The first-order valence-electron chi connectivity index (χ1n) is 3.53. The highest BCUT2D eigenvalue weighted by Gasteiger charge is 2.24. The Balaban J connectivity index is 2.30. The number of nitrogens with zero attached hydrogens (tertiary/aromatic N) is 4. The quantitative estimate of drug-likeness (QED) is 0.498. The minimum Gasteiger partial charge on any atom is -0.326 e. The van der Waals surface area contributed by atoms with Gasteiger partial charge in [0, 0.05) is 12.5 Å². The minimum atomic E-state index is 0.163. The number of hydrogen-bond donors (Lipinski definition) is 1. The smallest absolute Gasteiger partial charge is 0.152 e. The number of aromatic nitrogens is 4. The van der Waals surface area contributed by atoms with Crippen molar-refractivity contribution in [2.75, 3.05) is 0 Å². The van der Waals surface area contributed by atoms with Gasteiger partial charge in [-0.15, -0.1) is 14.3 Å². The molecule has 0 spiro atoms. The van der Waals surface area contributed by atoms with Crippen molar-refractivity contribution in [3.63, 3.8) is 0 Å². The van der Waals surface area contributed by atoms with E-state index in [1.165, 1.54) is 0 Å². The van der Waals surface area contributed by atoms with Gasteiger partial charge in [-0.1, -0.05) is 0 Å². The zero-order valence-corrected chi connectivity index (χ0v) is 7.17. The molecule has 0 saturated carbocycles. The monoisotopic (exact) mass is 171 g/mol. The van der Waals surface area contributed by atoms with Crippen molar-refractivity contribution in [3.05, 3.63) is 5.82 Å². The largest absolute Gasteiger partial charge is 0.326 e. The molecule has 0 aromatic carbocycles. The molecule has 1 aromatic heterocycles. The molecule has 3 atom stereocenters. The van der Waals surface area contributed by atoms with Gasteiger partial charge in [0.2, 0.25) is 0 Å². The molecule has 2 N–H and O–H groups in total. The van der Waals surface area contributed by atoms with Crippen LogP contribution >= 0.6 is 9.24 Å². The second kappa shape index (κ2) is 2.50. The Morgan fingerprint density at radius 2 is 2.45 bits per heavy atom. The summed E-state index contributed by atoms with van der Waals surface area (Å²) >= 11 is 0. The Bertz CT molecular complexity index is 235. The summed E-state index contributed by atoms with van der Waals surface area (Å²) in [4.78, 5) is 0. The van der Waals surface area contributed by atoms with Crippen molar-refractivity contribution < 1.29 is 0 Å². The standard InChI is InChI=1S/C5H10N5P/c6-3-2-10-5(1-4(3)11)7-8-9-10/h3-4H,1-2,6,11H2. The highest BCUT2D eigenvalue weighted by atomic mass is 31.0. The van der Waals surface area contributed by atoms with Gasteiger partial charge in [-0.3, -0.25) is 0 Å². The molecule has 3 unspecified atom stereocenters. The molecule has 6 heteroatoms. The maximum Gasteiger partial charge on any atom is 0.152 e. The molecule has 60 valence electrons. The molecule has 1 aliphatic heterocycles. The molecular formula is C5H10N5P. The first-order chi connectivity index (χ1) is 5.27. The van der Waals surface area contributed by atoms with E-state index in [2.05, 4.69) is 24.8 Å². The maximum atomic E-state index is 5.82. The van der Waals surface area contributed by atoms with Crippen molar-refractivity contribution in [2.24, 2.45) is 5.73 Å². The van der Waals surface area contributed by atoms with Crippen molar-refractivity contribution >= 4 is 9.24 Å². The van der Waals surface area contributed by atoms with E-state index in [9.17, 15) is 0 Å². The van der Waals surface area contributed by atoms with E-state index in [-0.39, 0.29) is 6.04 Å². The Labute approximate surface area is 66.5 Å². The SMILES string of the molecule is NC1Cn2nnnc2CC1P. The zero-order valence-electron chi connectivity index (χ0n) is 6.01. The Morgan fingerprint density at radius 3 is 3.27 bits per heavy atom. The summed E-state index contributed by atoms with van der Waals surface area (Å²) in [6.07, 6.45) is 0.860. The van der Waals surface area contributed by atoms with Crippen molar-refractivity contribution in [2.45, 2.75) is 24.7 Å². The lowest BCUT2D eigenvalue weighted by Crippen LogP contribution is -2.41. The third-order valence-electron chi connectivity index (χ3n) is 1.96. The van der Waals surface area contributed by atoms with Crippen LogP contribution in [0.3, 0.4) is 0 Å². The van der Waals surface area contributed by atoms with Crippen LogP contribution in [-0.4, -0.2) is 31.9 Å². The van der Waals surface area contributed by atoms with E-state index in [0.717, 1.165) is 18.8 Å². The van der Waals surface area contributed by atoms with Crippen molar-refractivity contribution in [1.82, 2.24) is 20.2 Å². The van der Waals surface area contributed by atoms with E-state index in [4.69, 9.17) is 5.73 Å². The number of hydrogen-bond acceptors (Lipinski definition) is 4. The van der Waals surface area contributed by atoms with E-state index in [1.807, 2.05) is 0 Å². The molecule has 5 nitrogen and oxygen atoms in total. The van der Waals surface area contributed by atoms with E-state index in [1.54, 1.807) is 4.68 Å². The summed E-state index contributed by atoms with van der Waals surface area (Å²) in [5, 5.41) is 11.3. The molecule has 11 heavy (non-hydrogen) atoms. The molecular weight excluding hydrogens is 161 g/mol. The number of fused-ring (bicyclic) bond motifs is 1. The molecule has 2 rings (SSSR count). The van der Waals surface area contributed by atoms with Gasteiger partial charge in [0.05, 0.1) is 6.54 Å². The molecule has 0 bridgehead atoms. The second-order valence-corrected chi connectivity index (χ2v) is 3.67. The summed E-state index contributed by atoms with van der Waals surface area (Å²) in [6.45, 7) is 0.733. The van der Waals surface area contributed by atoms with Crippen LogP contribution in [0.5, 0.6) is 0 Å². The predicted molar refractivity (Wildman–Crippen MR) is 43.0 cm³/mol. The van der Waals surface area contributed by atoms with Crippen LogP contribution < -0.4 is 5.73 Å². The Morgan fingerprint density at radius 1 is 1.64 bits per heavy atom. The number of tetrazole rings is 1. The fraction of sp³-hybridized carbons (Fsp3) is 0.800. The number of rotatable bonds is 0. The predicted octanol–water partition coefficient (Wildman–Crippen LogP) is -1.20.